The van der Waals surface area contributed by atoms with Gasteiger partial charge in [0.25, 0.3) is 0 Å². The maximum Gasteiger partial charge on any atom is 0.0729 e. The summed E-state index contributed by atoms with van der Waals surface area (Å²) in [4.78, 5) is 0. The van der Waals surface area contributed by atoms with Crippen LogP contribution in [-0.2, 0) is 0 Å². The van der Waals surface area contributed by atoms with Gasteiger partial charge >= 0.3 is 0 Å². The number of hydrogen-bond donors (Lipinski definition) is 1. The molecule has 2 rings (SSSR count). The molecule has 3 nitrogen and oxygen atoms in total. The van der Waals surface area contributed by atoms with Crippen molar-refractivity contribution in [3.05, 3.63) is 30.5 Å². The Morgan fingerprint density at radius 3 is 3.00 bits per heavy atom. The van der Waals surface area contributed by atoms with Crippen LogP contribution in [0.25, 0.3) is 10.9 Å². The highest BCUT2D eigenvalue weighted by Crippen LogP contribution is 2.16. The third kappa shape index (κ3) is 1.31. The fourth-order valence-corrected chi connectivity index (χ4v) is 1.42. The summed E-state index contributed by atoms with van der Waals surface area (Å²) in [6.07, 6.45) is 1.82. The third-order valence-corrected chi connectivity index (χ3v) is 2.19. The van der Waals surface area contributed by atoms with Crippen molar-refractivity contribution in [2.75, 3.05) is 6.61 Å². The number of nitrogens with zero attached hydrogens (tertiary/aromatic N) is 2. The quantitative estimate of drug-likeness (QED) is 0.754. The molecule has 2 aromatic rings. The van der Waals surface area contributed by atoms with Gasteiger partial charge in [-0.2, -0.15) is 5.10 Å². The van der Waals surface area contributed by atoms with Gasteiger partial charge in [-0.05, 0) is 13.0 Å². The molecule has 0 fully saturated rings. The molecule has 13 heavy (non-hydrogen) atoms. The second-order valence-corrected chi connectivity index (χ2v) is 3.18. The Bertz CT molecular complexity index is 408. The molecule has 0 aliphatic heterocycles. The molecule has 1 aromatic carbocycles. The molecule has 0 saturated carbocycles. The predicted octanol–water partition coefficient (Wildman–Crippen LogP) is 1.59. The Kier molecular flexibility index (Phi) is 2.02. The van der Waals surface area contributed by atoms with Gasteiger partial charge in [-0.1, -0.05) is 18.2 Å². The molecule has 0 radical (unpaired) electrons. The highest BCUT2D eigenvalue weighted by atomic mass is 16.3. The summed E-state index contributed by atoms with van der Waals surface area (Å²) in [7, 11) is 0. The first kappa shape index (κ1) is 8.26. The summed E-state index contributed by atoms with van der Waals surface area (Å²) >= 11 is 0. The van der Waals surface area contributed by atoms with E-state index in [1.165, 1.54) is 0 Å². The van der Waals surface area contributed by atoms with Crippen molar-refractivity contribution in [1.82, 2.24) is 9.78 Å². The largest absolute Gasteiger partial charge is 0.394 e. The zero-order valence-corrected chi connectivity index (χ0v) is 7.51. The lowest BCUT2D eigenvalue weighted by Gasteiger charge is -2.09. The molecule has 68 valence electrons. The topological polar surface area (TPSA) is 38.0 Å². The smallest absolute Gasteiger partial charge is 0.0729 e. The minimum atomic E-state index is 0.0416. The molecule has 1 atom stereocenters. The molecule has 3 heteroatoms. The predicted molar refractivity (Wildman–Crippen MR) is 51.5 cm³/mol. The van der Waals surface area contributed by atoms with E-state index in [0.717, 1.165) is 10.9 Å². The van der Waals surface area contributed by atoms with E-state index in [4.69, 9.17) is 5.11 Å². The molecule has 0 aliphatic rings. The fourth-order valence-electron chi connectivity index (χ4n) is 1.42. The van der Waals surface area contributed by atoms with Crippen LogP contribution < -0.4 is 0 Å². The van der Waals surface area contributed by atoms with Crippen molar-refractivity contribution in [2.24, 2.45) is 0 Å². The van der Waals surface area contributed by atoms with Gasteiger partial charge in [-0.15, -0.1) is 0 Å². The normalized spacial score (nSPS) is 13.4. The van der Waals surface area contributed by atoms with Crippen molar-refractivity contribution in [3.8, 4) is 0 Å². The first-order chi connectivity index (χ1) is 6.33. The van der Waals surface area contributed by atoms with Crippen LogP contribution in [-0.4, -0.2) is 21.5 Å². The maximum atomic E-state index is 9.01. The molecular formula is C10H12N2O. The summed E-state index contributed by atoms with van der Waals surface area (Å²) in [5.74, 6) is 0. The van der Waals surface area contributed by atoms with E-state index < -0.39 is 0 Å². The van der Waals surface area contributed by atoms with Crippen molar-refractivity contribution in [3.63, 3.8) is 0 Å². The van der Waals surface area contributed by atoms with Crippen molar-refractivity contribution in [2.45, 2.75) is 13.0 Å². The van der Waals surface area contributed by atoms with E-state index >= 15 is 0 Å². The Hall–Kier alpha value is -1.35. The van der Waals surface area contributed by atoms with Gasteiger partial charge in [0.1, 0.15) is 0 Å². The van der Waals surface area contributed by atoms with Crippen LogP contribution in [0, 0.1) is 0 Å². The van der Waals surface area contributed by atoms with E-state index in [1.807, 2.05) is 42.1 Å². The Morgan fingerprint density at radius 1 is 1.46 bits per heavy atom. The molecule has 1 aromatic heterocycles. The van der Waals surface area contributed by atoms with Gasteiger partial charge in [0.15, 0.2) is 0 Å². The maximum absolute atomic E-state index is 9.01. The molecule has 0 aliphatic carbocycles. The first-order valence-electron chi connectivity index (χ1n) is 4.36. The average Bonchev–Trinajstić information content (AvgIpc) is 2.60. The first-order valence-corrected chi connectivity index (χ1v) is 4.36. The Balaban J connectivity index is 2.57. The van der Waals surface area contributed by atoms with Gasteiger partial charge in [-0.25, -0.2) is 0 Å². The average molecular weight is 176 g/mol. The number of aliphatic hydroxyl groups is 1. The fraction of sp³-hybridized carbons (Fsp3) is 0.300. The Morgan fingerprint density at radius 2 is 2.23 bits per heavy atom. The van der Waals surface area contributed by atoms with Crippen molar-refractivity contribution < 1.29 is 5.11 Å². The van der Waals surface area contributed by atoms with E-state index in [1.54, 1.807) is 0 Å². The van der Waals surface area contributed by atoms with E-state index in [0.29, 0.717) is 0 Å². The molecule has 0 bridgehead atoms. The highest BCUT2D eigenvalue weighted by molar-refractivity contribution is 5.78. The number of aliphatic hydroxyl groups excluding tert-OH is 1. The van der Waals surface area contributed by atoms with Gasteiger partial charge in [-0.3, -0.25) is 4.68 Å². The highest BCUT2D eigenvalue weighted by Gasteiger charge is 2.06. The second kappa shape index (κ2) is 3.18. The SMILES string of the molecule is CC(CO)n1ncc2ccccc21. The summed E-state index contributed by atoms with van der Waals surface area (Å²) < 4.78 is 1.84. The molecule has 1 heterocycles. The van der Waals surface area contributed by atoms with Crippen molar-refractivity contribution >= 4 is 10.9 Å². The lowest BCUT2D eigenvalue weighted by Crippen LogP contribution is -2.10. The zero-order valence-electron chi connectivity index (χ0n) is 7.51. The molecule has 0 amide bonds. The molecular weight excluding hydrogens is 164 g/mol. The van der Waals surface area contributed by atoms with Crippen LogP contribution in [0.2, 0.25) is 0 Å². The summed E-state index contributed by atoms with van der Waals surface area (Å²) in [5, 5.41) is 14.3. The van der Waals surface area contributed by atoms with E-state index in [-0.39, 0.29) is 12.6 Å². The molecule has 1 N–H and O–H groups in total. The van der Waals surface area contributed by atoms with Crippen LogP contribution >= 0.6 is 0 Å². The van der Waals surface area contributed by atoms with Gasteiger partial charge in [0.05, 0.1) is 24.4 Å². The minimum Gasteiger partial charge on any atom is -0.394 e. The second-order valence-electron chi connectivity index (χ2n) is 3.18. The molecule has 0 spiro atoms. The van der Waals surface area contributed by atoms with Crippen LogP contribution in [0.1, 0.15) is 13.0 Å². The number of aromatic nitrogens is 2. The lowest BCUT2D eigenvalue weighted by molar-refractivity contribution is 0.233. The van der Waals surface area contributed by atoms with Gasteiger partial charge in [0, 0.05) is 5.39 Å². The monoisotopic (exact) mass is 176 g/mol. The van der Waals surface area contributed by atoms with Crippen LogP contribution in [0.5, 0.6) is 0 Å². The van der Waals surface area contributed by atoms with Crippen LogP contribution in [0.15, 0.2) is 30.5 Å². The number of hydrogen-bond acceptors (Lipinski definition) is 2. The minimum absolute atomic E-state index is 0.0416. The molecule has 0 saturated heterocycles. The standard InChI is InChI=1S/C10H12N2O/c1-8(7-13)12-10-5-3-2-4-9(10)6-11-12/h2-6,8,13H,7H2,1H3. The third-order valence-electron chi connectivity index (χ3n) is 2.19. The Labute approximate surface area is 76.6 Å². The van der Waals surface area contributed by atoms with Crippen LogP contribution in [0.3, 0.4) is 0 Å². The summed E-state index contributed by atoms with van der Waals surface area (Å²) in [6, 6.07) is 8.03. The number of fused-ring (bicyclic) bond motifs is 1. The number of rotatable bonds is 2. The number of para-hydroxylation sites is 1. The molecule has 1 unspecified atom stereocenters. The summed E-state index contributed by atoms with van der Waals surface area (Å²) in [5.41, 5.74) is 1.07. The van der Waals surface area contributed by atoms with Crippen molar-refractivity contribution in [1.29, 1.82) is 0 Å². The van der Waals surface area contributed by atoms with Gasteiger partial charge < -0.3 is 5.11 Å². The van der Waals surface area contributed by atoms with E-state index in [2.05, 4.69) is 5.10 Å². The number of benzene rings is 1. The van der Waals surface area contributed by atoms with Crippen LogP contribution in [0.4, 0.5) is 0 Å². The summed E-state index contributed by atoms with van der Waals surface area (Å²) in [6.45, 7) is 2.06. The van der Waals surface area contributed by atoms with E-state index in [9.17, 15) is 0 Å². The zero-order chi connectivity index (χ0) is 9.26. The lowest BCUT2D eigenvalue weighted by atomic mass is 10.2. The van der Waals surface area contributed by atoms with Gasteiger partial charge in [0.2, 0.25) is 0 Å².